The molecule has 0 heterocycles. The minimum Gasteiger partial charge on any atom is -0.355 e. The molecule has 0 aromatic rings. The van der Waals surface area contributed by atoms with Crippen LogP contribution in [0.5, 0.6) is 0 Å². The van der Waals surface area contributed by atoms with E-state index < -0.39 is 0 Å². The van der Waals surface area contributed by atoms with Crippen molar-refractivity contribution in [3.63, 3.8) is 0 Å². The van der Waals surface area contributed by atoms with Crippen molar-refractivity contribution in [2.75, 3.05) is 6.54 Å². The number of nitrogens with one attached hydrogen (secondary N) is 1. The fourth-order valence-electron chi connectivity index (χ4n) is 1.95. The Hall–Kier alpha value is -0.860. The highest BCUT2D eigenvalue weighted by Crippen LogP contribution is 2.35. The molecular weight excluding hydrogens is 226 g/mol. The maximum atomic E-state index is 11.5. The summed E-state index contributed by atoms with van der Waals surface area (Å²) in [6.45, 7) is 15.3. The lowest BCUT2D eigenvalue weighted by atomic mass is 9.72. The van der Waals surface area contributed by atoms with Crippen molar-refractivity contribution in [1.29, 1.82) is 0 Å². The van der Waals surface area contributed by atoms with Gasteiger partial charge in [0.15, 0.2) is 0 Å². The quantitative estimate of drug-likeness (QED) is 0.767. The molecule has 0 aliphatic rings. The zero-order chi connectivity index (χ0) is 14.6. The third-order valence-electron chi connectivity index (χ3n) is 3.04. The molecule has 0 bridgehead atoms. The van der Waals surface area contributed by atoms with Crippen LogP contribution in [0.2, 0.25) is 0 Å². The number of hydrogen-bond donors (Lipinski definition) is 1. The molecule has 0 spiro atoms. The monoisotopic (exact) mass is 255 g/mol. The molecule has 3 nitrogen and oxygen atoms in total. The summed E-state index contributed by atoms with van der Waals surface area (Å²) in [7, 11) is 0. The number of Topliss-reactive ketones (excluding diaryl/α,β-unsaturated/α-hetero) is 1. The zero-order valence-corrected chi connectivity index (χ0v) is 13.0. The maximum absolute atomic E-state index is 11.5. The van der Waals surface area contributed by atoms with E-state index in [1.165, 1.54) is 6.92 Å². The van der Waals surface area contributed by atoms with Gasteiger partial charge in [0.05, 0.1) is 6.42 Å². The molecule has 0 aromatic carbocycles. The van der Waals surface area contributed by atoms with Crippen LogP contribution in [0.15, 0.2) is 0 Å². The number of carbonyl (C=O) groups is 2. The standard InChI is InChI=1S/C15H29NO2/c1-11(17)8-13(18)16-10-12(15(5,6)7)9-14(2,3)4/h12H,8-10H2,1-7H3,(H,16,18). The van der Waals surface area contributed by atoms with E-state index in [0.717, 1.165) is 6.42 Å². The first-order valence-corrected chi connectivity index (χ1v) is 6.68. The van der Waals surface area contributed by atoms with E-state index in [2.05, 4.69) is 46.9 Å². The summed E-state index contributed by atoms with van der Waals surface area (Å²) in [5, 5.41) is 2.88. The van der Waals surface area contributed by atoms with E-state index >= 15 is 0 Å². The van der Waals surface area contributed by atoms with Crippen LogP contribution in [0.3, 0.4) is 0 Å². The molecule has 0 rings (SSSR count). The summed E-state index contributed by atoms with van der Waals surface area (Å²) in [5.41, 5.74) is 0.389. The van der Waals surface area contributed by atoms with Crippen LogP contribution in [-0.4, -0.2) is 18.2 Å². The molecule has 18 heavy (non-hydrogen) atoms. The molecule has 1 atom stereocenters. The molecule has 3 heteroatoms. The summed E-state index contributed by atoms with van der Waals surface area (Å²) in [5.74, 6) is 0.162. The zero-order valence-electron chi connectivity index (χ0n) is 13.0. The summed E-state index contributed by atoms with van der Waals surface area (Å²) in [4.78, 5) is 22.4. The summed E-state index contributed by atoms with van der Waals surface area (Å²) < 4.78 is 0. The topological polar surface area (TPSA) is 46.2 Å². The molecule has 1 amide bonds. The Kier molecular flexibility index (Phi) is 6.05. The molecule has 0 saturated heterocycles. The minimum absolute atomic E-state index is 0.00756. The van der Waals surface area contributed by atoms with Gasteiger partial charge in [0, 0.05) is 6.54 Å². The Labute approximate surface area is 112 Å². The highest BCUT2D eigenvalue weighted by Gasteiger charge is 2.29. The third kappa shape index (κ3) is 8.26. The van der Waals surface area contributed by atoms with Gasteiger partial charge in [0.2, 0.25) is 5.91 Å². The van der Waals surface area contributed by atoms with Gasteiger partial charge < -0.3 is 5.32 Å². The van der Waals surface area contributed by atoms with Gasteiger partial charge in [0.1, 0.15) is 5.78 Å². The van der Waals surface area contributed by atoms with Gasteiger partial charge in [-0.3, -0.25) is 9.59 Å². The van der Waals surface area contributed by atoms with E-state index in [1.54, 1.807) is 0 Å². The van der Waals surface area contributed by atoms with Crippen LogP contribution >= 0.6 is 0 Å². The van der Waals surface area contributed by atoms with Crippen LogP contribution in [-0.2, 0) is 9.59 Å². The average Bonchev–Trinajstić information content (AvgIpc) is 2.07. The maximum Gasteiger partial charge on any atom is 0.227 e. The van der Waals surface area contributed by atoms with Crippen molar-refractivity contribution in [3.8, 4) is 0 Å². The predicted octanol–water partition coefficient (Wildman–Crippen LogP) is 3.18. The van der Waals surface area contributed by atoms with Gasteiger partial charge in [0.25, 0.3) is 0 Å². The second kappa shape index (κ2) is 6.35. The molecule has 1 N–H and O–H groups in total. The van der Waals surface area contributed by atoms with Crippen LogP contribution in [0, 0.1) is 16.7 Å². The van der Waals surface area contributed by atoms with Gasteiger partial charge in [-0.15, -0.1) is 0 Å². The Morgan fingerprint density at radius 3 is 1.89 bits per heavy atom. The van der Waals surface area contributed by atoms with E-state index in [9.17, 15) is 9.59 Å². The molecule has 0 aromatic heterocycles. The first kappa shape index (κ1) is 17.1. The van der Waals surface area contributed by atoms with Crippen molar-refractivity contribution >= 4 is 11.7 Å². The lowest BCUT2D eigenvalue weighted by Crippen LogP contribution is -2.37. The third-order valence-corrected chi connectivity index (χ3v) is 3.04. The molecular formula is C15H29NO2. The minimum atomic E-state index is -0.161. The fourth-order valence-corrected chi connectivity index (χ4v) is 1.95. The lowest BCUT2D eigenvalue weighted by molar-refractivity contribution is -0.127. The van der Waals surface area contributed by atoms with Crippen LogP contribution in [0.4, 0.5) is 0 Å². The van der Waals surface area contributed by atoms with Gasteiger partial charge in [-0.25, -0.2) is 0 Å². The van der Waals surface area contributed by atoms with Crippen molar-refractivity contribution < 1.29 is 9.59 Å². The fraction of sp³-hybridized carbons (Fsp3) is 0.867. The van der Waals surface area contributed by atoms with Crippen molar-refractivity contribution in [2.45, 2.75) is 61.3 Å². The molecule has 0 aliphatic heterocycles. The summed E-state index contributed by atoms with van der Waals surface area (Å²) in [6.07, 6.45) is 1.04. The number of rotatable bonds is 5. The predicted molar refractivity (Wildman–Crippen MR) is 75.3 cm³/mol. The Balaban J connectivity index is 4.44. The highest BCUT2D eigenvalue weighted by molar-refractivity contribution is 5.96. The second-order valence-electron chi connectivity index (χ2n) is 7.51. The van der Waals surface area contributed by atoms with Crippen molar-refractivity contribution in [2.24, 2.45) is 16.7 Å². The Morgan fingerprint density at radius 2 is 1.56 bits per heavy atom. The van der Waals surface area contributed by atoms with E-state index in [-0.39, 0.29) is 28.9 Å². The molecule has 0 fully saturated rings. The van der Waals surface area contributed by atoms with Crippen LogP contribution in [0.25, 0.3) is 0 Å². The molecule has 0 saturated carbocycles. The summed E-state index contributed by atoms with van der Waals surface area (Å²) in [6, 6.07) is 0. The van der Waals surface area contributed by atoms with E-state index in [1.807, 2.05) is 0 Å². The number of carbonyl (C=O) groups excluding carboxylic acids is 2. The van der Waals surface area contributed by atoms with Gasteiger partial charge in [-0.2, -0.15) is 0 Å². The Bertz CT molecular complexity index is 295. The van der Waals surface area contributed by atoms with E-state index in [4.69, 9.17) is 0 Å². The number of ketones is 1. The van der Waals surface area contributed by atoms with Crippen molar-refractivity contribution in [1.82, 2.24) is 5.32 Å². The first-order valence-electron chi connectivity index (χ1n) is 6.68. The van der Waals surface area contributed by atoms with Crippen LogP contribution in [0.1, 0.15) is 61.3 Å². The largest absolute Gasteiger partial charge is 0.355 e. The first-order chi connectivity index (χ1) is 7.92. The Morgan fingerprint density at radius 1 is 1.06 bits per heavy atom. The molecule has 0 radical (unpaired) electrons. The molecule has 106 valence electrons. The molecule has 0 aliphatic carbocycles. The summed E-state index contributed by atoms with van der Waals surface area (Å²) >= 11 is 0. The number of hydrogen-bond acceptors (Lipinski definition) is 2. The average molecular weight is 255 g/mol. The van der Waals surface area contributed by atoms with E-state index in [0.29, 0.717) is 12.5 Å². The second-order valence-corrected chi connectivity index (χ2v) is 7.51. The SMILES string of the molecule is CC(=O)CC(=O)NCC(CC(C)(C)C)C(C)(C)C. The normalized spacial score (nSPS) is 14.2. The highest BCUT2D eigenvalue weighted by atomic mass is 16.2. The van der Waals surface area contributed by atoms with Gasteiger partial charge in [-0.05, 0) is 30.1 Å². The number of amides is 1. The molecule has 1 unspecified atom stereocenters. The van der Waals surface area contributed by atoms with Gasteiger partial charge >= 0.3 is 0 Å². The van der Waals surface area contributed by atoms with Crippen LogP contribution < -0.4 is 5.32 Å². The van der Waals surface area contributed by atoms with Crippen molar-refractivity contribution in [3.05, 3.63) is 0 Å². The lowest BCUT2D eigenvalue weighted by Gasteiger charge is -2.35. The smallest absolute Gasteiger partial charge is 0.227 e. The van der Waals surface area contributed by atoms with Gasteiger partial charge in [-0.1, -0.05) is 41.5 Å².